The number of nitrogens with zero attached hydrogens (tertiary/aromatic N) is 2. The van der Waals surface area contributed by atoms with Gasteiger partial charge in [0.25, 0.3) is 0 Å². The van der Waals surface area contributed by atoms with E-state index in [2.05, 4.69) is 20.9 Å². The number of carbonyl (C=O) groups is 5. The number of aromatic nitrogens is 1. The number of hydrogen-bond acceptors (Lipinski definition) is 9. The second-order valence-electron chi connectivity index (χ2n) is 12.0. The molecule has 1 saturated heterocycles. The molecule has 2 aromatic rings. The summed E-state index contributed by atoms with van der Waals surface area (Å²) in [4.78, 5) is 68.5. The van der Waals surface area contributed by atoms with Gasteiger partial charge in [0, 0.05) is 25.4 Å². The number of alkyl carbamates (subject to hydrolysis) is 1. The van der Waals surface area contributed by atoms with E-state index in [0.29, 0.717) is 25.1 Å². The Labute approximate surface area is 268 Å². The van der Waals surface area contributed by atoms with E-state index in [1.54, 1.807) is 45.3 Å². The van der Waals surface area contributed by atoms with Crippen molar-refractivity contribution in [2.75, 3.05) is 13.1 Å². The summed E-state index contributed by atoms with van der Waals surface area (Å²) >= 11 is 0. The molecule has 250 valence electrons. The number of likely N-dealkylation sites (tertiary alicyclic amines) is 1. The van der Waals surface area contributed by atoms with Crippen LogP contribution >= 0.6 is 0 Å². The van der Waals surface area contributed by atoms with Gasteiger partial charge in [0.2, 0.25) is 17.7 Å². The number of unbranched alkanes of at least 4 members (excludes halogenated alkanes) is 1. The van der Waals surface area contributed by atoms with Crippen LogP contribution in [-0.4, -0.2) is 82.7 Å². The van der Waals surface area contributed by atoms with E-state index in [0.717, 1.165) is 5.56 Å². The SMILES string of the molecule is C[C@H](NC(=O)[C@@H]1C[C@@H](Oc2ccncc2)CN1C(=O)OC(C)(C)C)C(=O)N[C@@H](CCCCNC(=O)OCc1ccccc1)C(N)=O. The van der Waals surface area contributed by atoms with E-state index in [1.165, 1.54) is 11.8 Å². The first-order valence-corrected chi connectivity index (χ1v) is 15.2. The number of hydrogen-bond donors (Lipinski definition) is 4. The first-order valence-electron chi connectivity index (χ1n) is 15.2. The van der Waals surface area contributed by atoms with Crippen LogP contribution in [0.4, 0.5) is 9.59 Å². The Morgan fingerprint density at radius 2 is 1.72 bits per heavy atom. The maximum absolute atomic E-state index is 13.3. The first-order chi connectivity index (χ1) is 21.8. The molecule has 5 amide bonds. The Hall–Kier alpha value is -4.88. The number of nitrogens with two attached hydrogens (primary N) is 1. The summed E-state index contributed by atoms with van der Waals surface area (Å²) in [5, 5.41) is 7.85. The van der Waals surface area contributed by atoms with Crippen LogP contribution < -0.4 is 26.4 Å². The van der Waals surface area contributed by atoms with Crippen LogP contribution in [0.5, 0.6) is 5.75 Å². The number of primary amides is 1. The molecule has 0 radical (unpaired) electrons. The molecule has 0 bridgehead atoms. The van der Waals surface area contributed by atoms with Crippen LogP contribution in [-0.2, 0) is 30.5 Å². The third-order valence-corrected chi connectivity index (χ3v) is 6.96. The molecular formula is C32H44N6O8. The zero-order valence-electron chi connectivity index (χ0n) is 26.7. The van der Waals surface area contributed by atoms with Crippen LogP contribution in [0.1, 0.15) is 58.9 Å². The van der Waals surface area contributed by atoms with E-state index in [-0.39, 0.29) is 26.0 Å². The van der Waals surface area contributed by atoms with Crippen LogP contribution in [0.25, 0.3) is 0 Å². The minimum Gasteiger partial charge on any atom is -0.488 e. The molecule has 46 heavy (non-hydrogen) atoms. The first kappa shape index (κ1) is 35.6. The van der Waals surface area contributed by atoms with Gasteiger partial charge >= 0.3 is 12.2 Å². The van der Waals surface area contributed by atoms with Crippen molar-refractivity contribution in [1.29, 1.82) is 0 Å². The number of benzene rings is 1. The molecule has 0 unspecified atom stereocenters. The monoisotopic (exact) mass is 640 g/mol. The molecule has 1 fully saturated rings. The average molecular weight is 641 g/mol. The summed E-state index contributed by atoms with van der Waals surface area (Å²) in [6.07, 6.45) is 2.77. The lowest BCUT2D eigenvalue weighted by molar-refractivity contribution is -0.132. The smallest absolute Gasteiger partial charge is 0.411 e. The van der Waals surface area contributed by atoms with Crippen molar-refractivity contribution < 1.29 is 38.2 Å². The normalized spacial score (nSPS) is 17.3. The fraction of sp³-hybridized carbons (Fsp3) is 0.500. The summed E-state index contributed by atoms with van der Waals surface area (Å²) in [6.45, 7) is 7.19. The van der Waals surface area contributed by atoms with Gasteiger partial charge in [0.05, 0.1) is 6.54 Å². The van der Waals surface area contributed by atoms with Gasteiger partial charge in [-0.25, -0.2) is 9.59 Å². The quantitative estimate of drug-likeness (QED) is 0.225. The Kier molecular flexibility index (Phi) is 13.1. The predicted molar refractivity (Wildman–Crippen MR) is 167 cm³/mol. The Morgan fingerprint density at radius 3 is 2.37 bits per heavy atom. The van der Waals surface area contributed by atoms with Gasteiger partial charge in [0.15, 0.2) is 0 Å². The van der Waals surface area contributed by atoms with Gasteiger partial charge in [-0.1, -0.05) is 30.3 Å². The molecule has 3 rings (SSSR count). The highest BCUT2D eigenvalue weighted by atomic mass is 16.6. The zero-order chi connectivity index (χ0) is 33.7. The number of pyridine rings is 1. The summed E-state index contributed by atoms with van der Waals surface area (Å²) in [5.74, 6) is -1.39. The van der Waals surface area contributed by atoms with E-state index in [1.807, 2.05) is 30.3 Å². The van der Waals surface area contributed by atoms with Crippen LogP contribution in [0.3, 0.4) is 0 Å². The highest BCUT2D eigenvalue weighted by molar-refractivity contribution is 5.93. The number of ether oxygens (including phenoxy) is 3. The van der Waals surface area contributed by atoms with Crippen molar-refractivity contribution in [2.45, 2.75) is 89.8 Å². The second kappa shape index (κ2) is 17.0. The van der Waals surface area contributed by atoms with Crippen LogP contribution in [0.15, 0.2) is 54.9 Å². The largest absolute Gasteiger partial charge is 0.488 e. The Balaban J connectivity index is 1.47. The molecule has 1 aliphatic heterocycles. The van der Waals surface area contributed by atoms with Crippen LogP contribution in [0, 0.1) is 0 Å². The van der Waals surface area contributed by atoms with Gasteiger partial charge in [-0.05, 0) is 64.7 Å². The molecule has 0 spiro atoms. The van der Waals surface area contributed by atoms with Gasteiger partial charge in [-0.15, -0.1) is 0 Å². The fourth-order valence-corrected chi connectivity index (χ4v) is 4.66. The van der Waals surface area contributed by atoms with Gasteiger partial charge < -0.3 is 35.9 Å². The number of carbonyl (C=O) groups excluding carboxylic acids is 5. The van der Waals surface area contributed by atoms with Crippen molar-refractivity contribution in [3.63, 3.8) is 0 Å². The molecule has 5 N–H and O–H groups in total. The molecule has 0 saturated carbocycles. The second-order valence-corrected chi connectivity index (χ2v) is 12.0. The van der Waals surface area contributed by atoms with Crippen molar-refractivity contribution in [3.8, 4) is 5.75 Å². The van der Waals surface area contributed by atoms with Crippen molar-refractivity contribution in [2.24, 2.45) is 5.73 Å². The molecular weight excluding hydrogens is 596 g/mol. The summed E-state index contributed by atoms with van der Waals surface area (Å²) < 4.78 is 16.6. The summed E-state index contributed by atoms with van der Waals surface area (Å²) in [6, 6.07) is 9.62. The fourth-order valence-electron chi connectivity index (χ4n) is 4.66. The molecule has 4 atom stereocenters. The van der Waals surface area contributed by atoms with Crippen molar-refractivity contribution in [3.05, 3.63) is 60.4 Å². The Morgan fingerprint density at radius 1 is 1.02 bits per heavy atom. The molecule has 1 aliphatic rings. The zero-order valence-corrected chi connectivity index (χ0v) is 26.7. The lowest BCUT2D eigenvalue weighted by Gasteiger charge is -2.28. The van der Waals surface area contributed by atoms with Crippen molar-refractivity contribution >= 4 is 29.9 Å². The molecule has 1 aromatic heterocycles. The third kappa shape index (κ3) is 11.9. The maximum atomic E-state index is 13.3. The Bertz CT molecular complexity index is 1320. The standard InChI is InChI=1S/C32H44N6O8/c1-21(28(40)37-25(27(33)39)12-8-9-15-35-30(42)44-20-22-10-6-5-7-11-22)36-29(41)26-18-24(45-23-13-16-34-17-14-23)19-38(26)31(43)46-32(2,3)4/h5-7,10-11,13-14,16-17,21,24-26H,8-9,12,15,18-20H2,1-4H3,(H2,33,39)(H,35,42)(H,36,41)(H,37,40)/t21-,24+,25-,26-/m0/s1. The van der Waals surface area contributed by atoms with E-state index >= 15 is 0 Å². The third-order valence-electron chi connectivity index (χ3n) is 6.96. The van der Waals surface area contributed by atoms with Crippen molar-refractivity contribution in [1.82, 2.24) is 25.8 Å². The van der Waals surface area contributed by atoms with E-state index < -0.39 is 59.7 Å². The summed E-state index contributed by atoms with van der Waals surface area (Å²) in [5.41, 5.74) is 5.59. The van der Waals surface area contributed by atoms with Gasteiger partial charge in [0.1, 0.15) is 42.2 Å². The molecule has 1 aromatic carbocycles. The number of nitrogens with one attached hydrogen (secondary N) is 3. The lowest BCUT2D eigenvalue weighted by Crippen LogP contribution is -2.55. The van der Waals surface area contributed by atoms with E-state index in [9.17, 15) is 24.0 Å². The molecule has 14 heteroatoms. The summed E-state index contributed by atoms with van der Waals surface area (Å²) in [7, 11) is 0. The maximum Gasteiger partial charge on any atom is 0.411 e. The average Bonchev–Trinajstić information content (AvgIpc) is 3.43. The van der Waals surface area contributed by atoms with Gasteiger partial charge in [-0.2, -0.15) is 0 Å². The molecule has 14 nitrogen and oxygen atoms in total. The van der Waals surface area contributed by atoms with Crippen LogP contribution in [0.2, 0.25) is 0 Å². The molecule has 2 heterocycles. The highest BCUT2D eigenvalue weighted by Crippen LogP contribution is 2.25. The number of amides is 5. The number of rotatable bonds is 14. The predicted octanol–water partition coefficient (Wildman–Crippen LogP) is 2.41. The van der Waals surface area contributed by atoms with E-state index in [4.69, 9.17) is 19.9 Å². The highest BCUT2D eigenvalue weighted by Gasteiger charge is 2.43. The minimum absolute atomic E-state index is 0.0965. The van der Waals surface area contributed by atoms with Gasteiger partial charge in [-0.3, -0.25) is 24.3 Å². The molecule has 0 aliphatic carbocycles. The lowest BCUT2D eigenvalue weighted by atomic mass is 10.1. The minimum atomic E-state index is -1.05. The topological polar surface area (TPSA) is 191 Å².